The number of aromatic nitrogens is 3. The smallest absolute Gasteiger partial charge is 0.232 e. The number of hydrogen-bond donors (Lipinski definition) is 1. The van der Waals surface area contributed by atoms with Crippen molar-refractivity contribution in [3.63, 3.8) is 0 Å². The van der Waals surface area contributed by atoms with Crippen molar-refractivity contribution in [2.45, 2.75) is 32.8 Å². The third-order valence-corrected chi connectivity index (χ3v) is 2.86. The maximum Gasteiger partial charge on any atom is 0.232 e. The first-order chi connectivity index (χ1) is 8.59. The molecule has 0 amide bonds. The Kier molecular flexibility index (Phi) is 3.72. The molecule has 0 spiro atoms. The van der Waals surface area contributed by atoms with Crippen LogP contribution in [0.25, 0.3) is 11.5 Å². The zero-order valence-electron chi connectivity index (χ0n) is 10.7. The molecule has 0 aliphatic rings. The Labute approximate surface area is 106 Å². The van der Waals surface area contributed by atoms with Gasteiger partial charge in [-0.3, -0.25) is 4.98 Å². The van der Waals surface area contributed by atoms with Gasteiger partial charge in [-0.15, -0.1) is 0 Å². The van der Waals surface area contributed by atoms with Gasteiger partial charge in [-0.25, -0.2) is 0 Å². The minimum absolute atomic E-state index is 0.157. The lowest BCUT2D eigenvalue weighted by atomic mass is 9.91. The fraction of sp³-hybridized carbons (Fsp3) is 0.462. The first kappa shape index (κ1) is 12.7. The van der Waals surface area contributed by atoms with E-state index < -0.39 is 6.10 Å². The van der Waals surface area contributed by atoms with E-state index in [0.717, 1.165) is 0 Å². The number of hydrogen-bond acceptors (Lipinski definition) is 5. The van der Waals surface area contributed by atoms with Crippen LogP contribution < -0.4 is 0 Å². The summed E-state index contributed by atoms with van der Waals surface area (Å²) in [7, 11) is 0. The Hall–Kier alpha value is -1.75. The molecule has 1 N–H and O–H groups in total. The Balaban J connectivity index is 2.30. The molecule has 2 atom stereocenters. The van der Waals surface area contributed by atoms with Crippen LogP contribution in [0.15, 0.2) is 28.9 Å². The van der Waals surface area contributed by atoms with E-state index in [4.69, 9.17) is 4.52 Å². The van der Waals surface area contributed by atoms with Crippen molar-refractivity contribution >= 4 is 0 Å². The molecule has 2 aromatic heterocycles. The van der Waals surface area contributed by atoms with Gasteiger partial charge in [0.15, 0.2) is 0 Å². The number of rotatable bonds is 4. The highest BCUT2D eigenvalue weighted by Crippen LogP contribution is 2.27. The summed E-state index contributed by atoms with van der Waals surface area (Å²) in [6.07, 6.45) is 1.15. The zero-order chi connectivity index (χ0) is 13.1. The molecule has 5 nitrogen and oxygen atoms in total. The number of aliphatic hydroxyl groups excluding tert-OH is 1. The van der Waals surface area contributed by atoms with Gasteiger partial charge in [-0.05, 0) is 25.0 Å². The Morgan fingerprint density at radius 3 is 2.56 bits per heavy atom. The third-order valence-electron chi connectivity index (χ3n) is 2.86. The summed E-state index contributed by atoms with van der Waals surface area (Å²) in [4.78, 5) is 8.49. The zero-order valence-corrected chi connectivity index (χ0v) is 10.7. The molecule has 0 aliphatic carbocycles. The van der Waals surface area contributed by atoms with Crippen LogP contribution in [-0.4, -0.2) is 26.3 Å². The van der Waals surface area contributed by atoms with Gasteiger partial charge in [-0.2, -0.15) is 4.98 Å². The molecule has 2 aromatic rings. The molecule has 0 saturated carbocycles. The highest BCUT2D eigenvalue weighted by Gasteiger charge is 2.27. The lowest BCUT2D eigenvalue weighted by Crippen LogP contribution is -2.20. The average molecular weight is 247 g/mol. The van der Waals surface area contributed by atoms with Crippen LogP contribution in [0.2, 0.25) is 0 Å². The van der Waals surface area contributed by atoms with E-state index in [1.807, 2.05) is 32.0 Å². The Morgan fingerprint density at radius 1 is 1.22 bits per heavy atom. The van der Waals surface area contributed by atoms with E-state index in [-0.39, 0.29) is 11.8 Å². The fourth-order valence-electron chi connectivity index (χ4n) is 2.02. The monoisotopic (exact) mass is 247 g/mol. The molecular formula is C13H17N3O2. The second-order valence-electron chi connectivity index (χ2n) is 4.68. The maximum atomic E-state index is 9.77. The second-order valence-corrected chi connectivity index (χ2v) is 4.68. The average Bonchev–Trinajstić information content (AvgIpc) is 2.78. The van der Waals surface area contributed by atoms with E-state index in [1.165, 1.54) is 0 Å². The topological polar surface area (TPSA) is 72.0 Å². The first-order valence-electron chi connectivity index (χ1n) is 6.02. The molecule has 96 valence electrons. The van der Waals surface area contributed by atoms with Crippen LogP contribution in [-0.2, 0) is 0 Å². The van der Waals surface area contributed by atoms with Gasteiger partial charge >= 0.3 is 0 Å². The molecule has 5 heteroatoms. The SMILES string of the molecule is CC(C)C(c1nc(-c2ccccn2)no1)C(C)O. The van der Waals surface area contributed by atoms with E-state index in [1.54, 1.807) is 13.1 Å². The van der Waals surface area contributed by atoms with Gasteiger partial charge in [0.25, 0.3) is 0 Å². The largest absolute Gasteiger partial charge is 0.393 e. The van der Waals surface area contributed by atoms with Crippen molar-refractivity contribution in [1.29, 1.82) is 0 Å². The second kappa shape index (κ2) is 5.27. The number of nitrogens with zero attached hydrogens (tertiary/aromatic N) is 3. The molecule has 0 aliphatic heterocycles. The van der Waals surface area contributed by atoms with E-state index in [0.29, 0.717) is 17.4 Å². The maximum absolute atomic E-state index is 9.77. The number of pyridine rings is 1. The predicted molar refractivity (Wildman–Crippen MR) is 66.8 cm³/mol. The molecule has 2 rings (SSSR count). The minimum Gasteiger partial charge on any atom is -0.393 e. The summed E-state index contributed by atoms with van der Waals surface area (Å²) < 4.78 is 5.24. The molecule has 0 saturated heterocycles. The van der Waals surface area contributed by atoms with Crippen molar-refractivity contribution in [3.05, 3.63) is 30.3 Å². The molecule has 0 radical (unpaired) electrons. The van der Waals surface area contributed by atoms with Gasteiger partial charge in [0.05, 0.1) is 12.0 Å². The van der Waals surface area contributed by atoms with Crippen LogP contribution in [0.3, 0.4) is 0 Å². The molecule has 2 unspecified atom stereocenters. The molecule has 0 aromatic carbocycles. The van der Waals surface area contributed by atoms with Crippen molar-refractivity contribution in [1.82, 2.24) is 15.1 Å². The summed E-state index contributed by atoms with van der Waals surface area (Å²) in [5, 5.41) is 13.7. The highest BCUT2D eigenvalue weighted by atomic mass is 16.5. The minimum atomic E-state index is -0.526. The van der Waals surface area contributed by atoms with Crippen LogP contribution in [0.5, 0.6) is 0 Å². The lowest BCUT2D eigenvalue weighted by molar-refractivity contribution is 0.120. The van der Waals surface area contributed by atoms with E-state index in [9.17, 15) is 5.11 Å². The van der Waals surface area contributed by atoms with Gasteiger partial charge in [0.2, 0.25) is 11.7 Å². The van der Waals surface area contributed by atoms with Crippen LogP contribution in [0.1, 0.15) is 32.6 Å². The highest BCUT2D eigenvalue weighted by molar-refractivity contribution is 5.47. The van der Waals surface area contributed by atoms with Crippen LogP contribution in [0, 0.1) is 5.92 Å². The summed E-state index contributed by atoms with van der Waals surface area (Å²) in [6, 6.07) is 5.52. The molecule has 18 heavy (non-hydrogen) atoms. The van der Waals surface area contributed by atoms with Gasteiger partial charge in [0, 0.05) is 6.20 Å². The van der Waals surface area contributed by atoms with E-state index >= 15 is 0 Å². The van der Waals surface area contributed by atoms with Crippen LogP contribution >= 0.6 is 0 Å². The van der Waals surface area contributed by atoms with Gasteiger partial charge in [0.1, 0.15) is 5.69 Å². The Morgan fingerprint density at radius 2 is 2.00 bits per heavy atom. The number of aliphatic hydroxyl groups is 1. The Bertz CT molecular complexity index is 486. The summed E-state index contributed by atoms with van der Waals surface area (Å²) in [5.74, 6) is 0.981. The molecular weight excluding hydrogens is 230 g/mol. The fourth-order valence-corrected chi connectivity index (χ4v) is 2.02. The predicted octanol–water partition coefficient (Wildman–Crippen LogP) is 2.25. The lowest BCUT2D eigenvalue weighted by Gasteiger charge is -2.19. The standard InChI is InChI=1S/C13H17N3O2/c1-8(2)11(9(3)17)13-15-12(16-18-13)10-6-4-5-7-14-10/h4-9,11,17H,1-3H3. The summed E-state index contributed by atoms with van der Waals surface area (Å²) in [6.45, 7) is 5.76. The summed E-state index contributed by atoms with van der Waals surface area (Å²) in [5.41, 5.74) is 0.667. The van der Waals surface area contributed by atoms with Crippen molar-refractivity contribution in [2.75, 3.05) is 0 Å². The third kappa shape index (κ3) is 2.56. The van der Waals surface area contributed by atoms with Gasteiger partial charge < -0.3 is 9.63 Å². The normalized spacial score (nSPS) is 14.7. The van der Waals surface area contributed by atoms with Crippen LogP contribution in [0.4, 0.5) is 0 Å². The quantitative estimate of drug-likeness (QED) is 0.897. The molecule has 0 bridgehead atoms. The summed E-state index contributed by atoms with van der Waals surface area (Å²) >= 11 is 0. The van der Waals surface area contributed by atoms with E-state index in [2.05, 4.69) is 15.1 Å². The molecule has 0 fully saturated rings. The van der Waals surface area contributed by atoms with Gasteiger partial charge in [-0.1, -0.05) is 25.1 Å². The van der Waals surface area contributed by atoms with Crippen molar-refractivity contribution in [2.24, 2.45) is 5.92 Å². The first-order valence-corrected chi connectivity index (χ1v) is 6.02. The van der Waals surface area contributed by atoms with Crippen molar-refractivity contribution in [3.8, 4) is 11.5 Å². The molecule has 2 heterocycles. The van der Waals surface area contributed by atoms with Crippen molar-refractivity contribution < 1.29 is 9.63 Å².